The monoisotopic (exact) mass is 306 g/mol. The second-order valence-electron chi connectivity index (χ2n) is 4.25. The fraction of sp³-hybridized carbons (Fsp3) is 0.462. The van der Waals surface area contributed by atoms with Crippen LogP contribution in [0.25, 0.3) is 0 Å². The van der Waals surface area contributed by atoms with Crippen molar-refractivity contribution in [2.24, 2.45) is 5.73 Å². The van der Waals surface area contributed by atoms with E-state index in [4.69, 9.17) is 22.1 Å². The topological polar surface area (TPSA) is 55.6 Å². The lowest BCUT2D eigenvalue weighted by Crippen LogP contribution is -2.45. The molecule has 2 atom stereocenters. The summed E-state index contributed by atoms with van der Waals surface area (Å²) in [5.74, 6) is 0.477. The summed E-state index contributed by atoms with van der Waals surface area (Å²) in [4.78, 5) is 13.6. The lowest BCUT2D eigenvalue weighted by atomic mass is 10.2. The molecule has 0 bridgehead atoms. The highest BCUT2D eigenvalue weighted by Gasteiger charge is 2.22. The Bertz CT molecular complexity index is 415. The Labute approximate surface area is 125 Å². The number of carbonyl (C=O) groups is 1. The molecule has 0 aliphatic carbocycles. The van der Waals surface area contributed by atoms with E-state index in [1.54, 1.807) is 43.1 Å². The van der Waals surface area contributed by atoms with Crippen molar-refractivity contribution in [3.63, 3.8) is 0 Å². The Kier molecular flexibility index (Phi) is 7.83. The molecule has 2 unspecified atom stereocenters. The van der Waals surface area contributed by atoms with Crippen LogP contribution in [0.1, 0.15) is 13.8 Å². The minimum Gasteiger partial charge on any atom is -0.481 e. The van der Waals surface area contributed by atoms with Gasteiger partial charge in [0.05, 0.1) is 0 Å². The van der Waals surface area contributed by atoms with Crippen LogP contribution in [0.5, 0.6) is 5.75 Å². The molecule has 0 aliphatic rings. The first kappa shape index (κ1) is 18.0. The standard InChI is InChI=1S/C13H19ClN2O2.ClH/c1-9(8-15)16(3)13(17)10(2)18-12-6-4-5-11(14)7-12;/h4-7,9-10H,8,15H2,1-3H3;1H. The number of nitrogens with two attached hydrogens (primary N) is 1. The van der Waals surface area contributed by atoms with Gasteiger partial charge in [-0.2, -0.15) is 0 Å². The van der Waals surface area contributed by atoms with Crippen molar-refractivity contribution in [1.29, 1.82) is 0 Å². The zero-order chi connectivity index (χ0) is 13.7. The van der Waals surface area contributed by atoms with Crippen LogP contribution < -0.4 is 10.5 Å². The van der Waals surface area contributed by atoms with Crippen molar-refractivity contribution >= 4 is 29.9 Å². The average Bonchev–Trinajstić information content (AvgIpc) is 2.36. The zero-order valence-corrected chi connectivity index (χ0v) is 12.9. The van der Waals surface area contributed by atoms with Crippen LogP contribution in [0.4, 0.5) is 0 Å². The Morgan fingerprint density at radius 2 is 2.11 bits per heavy atom. The molecule has 1 aromatic carbocycles. The van der Waals surface area contributed by atoms with Gasteiger partial charge in [-0.15, -0.1) is 12.4 Å². The summed E-state index contributed by atoms with van der Waals surface area (Å²) < 4.78 is 5.56. The molecule has 1 rings (SSSR count). The van der Waals surface area contributed by atoms with Crippen LogP contribution in [0, 0.1) is 0 Å². The van der Waals surface area contributed by atoms with E-state index in [2.05, 4.69) is 0 Å². The zero-order valence-electron chi connectivity index (χ0n) is 11.3. The summed E-state index contributed by atoms with van der Waals surface area (Å²) in [5.41, 5.74) is 5.53. The van der Waals surface area contributed by atoms with E-state index >= 15 is 0 Å². The van der Waals surface area contributed by atoms with Gasteiger partial charge in [0.25, 0.3) is 5.91 Å². The van der Waals surface area contributed by atoms with Gasteiger partial charge in [-0.1, -0.05) is 17.7 Å². The fourth-order valence-corrected chi connectivity index (χ4v) is 1.64. The first-order chi connectivity index (χ1) is 8.45. The van der Waals surface area contributed by atoms with Crippen LogP contribution in [-0.4, -0.2) is 36.5 Å². The van der Waals surface area contributed by atoms with Gasteiger partial charge in [-0.3, -0.25) is 4.79 Å². The van der Waals surface area contributed by atoms with Crippen molar-refractivity contribution in [3.8, 4) is 5.75 Å². The molecule has 2 N–H and O–H groups in total. The maximum absolute atomic E-state index is 12.0. The van der Waals surface area contributed by atoms with Crippen LogP contribution >= 0.6 is 24.0 Å². The van der Waals surface area contributed by atoms with Gasteiger partial charge in [0.1, 0.15) is 5.75 Å². The van der Waals surface area contributed by atoms with Crippen LogP contribution in [0.3, 0.4) is 0 Å². The number of amides is 1. The van der Waals surface area contributed by atoms with Gasteiger partial charge < -0.3 is 15.4 Å². The van der Waals surface area contributed by atoms with Crippen LogP contribution in [0.2, 0.25) is 5.02 Å². The van der Waals surface area contributed by atoms with Gasteiger partial charge in [-0.05, 0) is 32.0 Å². The molecule has 19 heavy (non-hydrogen) atoms. The van der Waals surface area contributed by atoms with E-state index in [0.717, 1.165) is 0 Å². The van der Waals surface area contributed by atoms with Gasteiger partial charge in [0, 0.05) is 24.7 Å². The molecule has 108 valence electrons. The number of halogens is 2. The first-order valence-corrected chi connectivity index (χ1v) is 6.22. The quantitative estimate of drug-likeness (QED) is 0.908. The van der Waals surface area contributed by atoms with E-state index in [9.17, 15) is 4.79 Å². The van der Waals surface area contributed by atoms with Gasteiger partial charge in [0.2, 0.25) is 0 Å². The van der Waals surface area contributed by atoms with Crippen molar-refractivity contribution in [2.75, 3.05) is 13.6 Å². The number of ether oxygens (including phenoxy) is 1. The molecule has 1 amide bonds. The van der Waals surface area contributed by atoms with Crippen molar-refractivity contribution < 1.29 is 9.53 Å². The molecule has 0 saturated carbocycles. The predicted molar refractivity (Wildman–Crippen MR) is 80.1 cm³/mol. The van der Waals surface area contributed by atoms with E-state index < -0.39 is 6.10 Å². The molecule has 0 spiro atoms. The Morgan fingerprint density at radius 1 is 1.47 bits per heavy atom. The summed E-state index contributed by atoms with van der Waals surface area (Å²) in [6.45, 7) is 4.03. The molecule has 0 aliphatic heterocycles. The van der Waals surface area contributed by atoms with E-state index in [1.165, 1.54) is 0 Å². The minimum absolute atomic E-state index is 0. The number of carbonyl (C=O) groups excluding carboxylic acids is 1. The summed E-state index contributed by atoms with van der Waals surface area (Å²) in [7, 11) is 1.72. The molecule has 6 heteroatoms. The summed E-state index contributed by atoms with van der Waals surface area (Å²) in [5, 5.41) is 0.579. The van der Waals surface area contributed by atoms with Gasteiger partial charge >= 0.3 is 0 Å². The molecule has 0 saturated heterocycles. The highest BCUT2D eigenvalue weighted by atomic mass is 35.5. The number of hydrogen-bond acceptors (Lipinski definition) is 3. The lowest BCUT2D eigenvalue weighted by molar-refractivity contribution is -0.138. The van der Waals surface area contributed by atoms with Crippen LogP contribution in [-0.2, 0) is 4.79 Å². The molecule has 0 aromatic heterocycles. The smallest absolute Gasteiger partial charge is 0.263 e. The maximum atomic E-state index is 12.0. The predicted octanol–water partition coefficient (Wildman–Crippen LogP) is 2.33. The largest absolute Gasteiger partial charge is 0.481 e. The Morgan fingerprint density at radius 3 is 2.63 bits per heavy atom. The van der Waals surface area contributed by atoms with E-state index in [0.29, 0.717) is 17.3 Å². The highest BCUT2D eigenvalue weighted by Crippen LogP contribution is 2.18. The normalized spacial score (nSPS) is 13.1. The number of benzene rings is 1. The number of rotatable bonds is 5. The number of nitrogens with zero attached hydrogens (tertiary/aromatic N) is 1. The molecular formula is C13H20Cl2N2O2. The third-order valence-electron chi connectivity index (χ3n) is 2.81. The number of hydrogen-bond donors (Lipinski definition) is 1. The Balaban J connectivity index is 0.00000324. The SMILES string of the molecule is CC(Oc1cccc(Cl)c1)C(=O)N(C)C(C)CN.Cl. The van der Waals surface area contributed by atoms with Gasteiger partial charge in [-0.25, -0.2) is 0 Å². The van der Waals surface area contributed by atoms with Crippen molar-refractivity contribution in [3.05, 3.63) is 29.3 Å². The molecule has 4 nitrogen and oxygen atoms in total. The molecule has 0 radical (unpaired) electrons. The summed E-state index contributed by atoms with van der Waals surface area (Å²) in [6, 6.07) is 6.97. The van der Waals surface area contributed by atoms with E-state index in [-0.39, 0.29) is 24.4 Å². The van der Waals surface area contributed by atoms with E-state index in [1.807, 2.05) is 6.92 Å². The first-order valence-electron chi connectivity index (χ1n) is 5.84. The van der Waals surface area contributed by atoms with Crippen molar-refractivity contribution in [2.45, 2.75) is 26.0 Å². The summed E-state index contributed by atoms with van der Waals surface area (Å²) in [6.07, 6.45) is -0.567. The Hall–Kier alpha value is -0.970. The maximum Gasteiger partial charge on any atom is 0.263 e. The number of likely N-dealkylation sites (N-methyl/N-ethyl adjacent to an activating group) is 1. The lowest BCUT2D eigenvalue weighted by Gasteiger charge is -2.26. The molecule has 0 fully saturated rings. The third kappa shape index (κ3) is 5.27. The van der Waals surface area contributed by atoms with Gasteiger partial charge in [0.15, 0.2) is 6.10 Å². The minimum atomic E-state index is -0.567. The molecular weight excluding hydrogens is 287 g/mol. The summed E-state index contributed by atoms with van der Waals surface area (Å²) >= 11 is 5.85. The van der Waals surface area contributed by atoms with Crippen LogP contribution in [0.15, 0.2) is 24.3 Å². The van der Waals surface area contributed by atoms with Crippen molar-refractivity contribution in [1.82, 2.24) is 4.90 Å². The second kappa shape index (κ2) is 8.25. The molecule has 1 aromatic rings. The highest BCUT2D eigenvalue weighted by molar-refractivity contribution is 6.30. The second-order valence-corrected chi connectivity index (χ2v) is 4.69. The third-order valence-corrected chi connectivity index (χ3v) is 3.04. The fourth-order valence-electron chi connectivity index (χ4n) is 1.46. The average molecular weight is 307 g/mol. The molecule has 0 heterocycles.